The monoisotopic (exact) mass is 340 g/mol. The summed E-state index contributed by atoms with van der Waals surface area (Å²) in [6, 6.07) is 12.6. The molecule has 0 heterocycles. The van der Waals surface area contributed by atoms with Gasteiger partial charge in [0.15, 0.2) is 0 Å². The summed E-state index contributed by atoms with van der Waals surface area (Å²) in [5, 5.41) is 9.22. The summed E-state index contributed by atoms with van der Waals surface area (Å²) < 4.78 is 19.8. The normalized spacial score (nSPS) is 12.3. The number of rotatable bonds is 9. The van der Waals surface area contributed by atoms with Gasteiger partial charge in [-0.3, -0.25) is 0 Å². The van der Waals surface area contributed by atoms with Gasteiger partial charge in [0.2, 0.25) is 0 Å². The molecule has 0 radical (unpaired) electrons. The average Bonchev–Trinajstić information content (AvgIpc) is 2.60. The molecule has 0 aromatic heterocycles. The van der Waals surface area contributed by atoms with Gasteiger partial charge in [-0.15, -0.1) is 0 Å². The highest BCUT2D eigenvalue weighted by atomic mass is 19.1. The molecule has 0 spiro atoms. The lowest BCUT2D eigenvalue weighted by Gasteiger charge is -2.07. The van der Waals surface area contributed by atoms with Crippen molar-refractivity contribution in [1.29, 1.82) is 0 Å². The summed E-state index contributed by atoms with van der Waals surface area (Å²) in [6.07, 6.45) is 7.94. The predicted molar refractivity (Wildman–Crippen MR) is 102 cm³/mol. The first kappa shape index (κ1) is 18.9. The SMILES string of the molecule is C=CCOc1ccc(-c2ccc(/C=C/CCCC(C)O)cc2F)cc1. The summed E-state index contributed by atoms with van der Waals surface area (Å²) in [5.41, 5.74) is 2.22. The summed E-state index contributed by atoms with van der Waals surface area (Å²) in [6.45, 7) is 5.85. The molecular formula is C22H25FO2. The van der Waals surface area contributed by atoms with E-state index in [9.17, 15) is 9.50 Å². The highest BCUT2D eigenvalue weighted by Crippen LogP contribution is 2.26. The zero-order valence-electron chi connectivity index (χ0n) is 14.6. The van der Waals surface area contributed by atoms with Crippen molar-refractivity contribution in [2.24, 2.45) is 0 Å². The molecule has 132 valence electrons. The second-order valence-electron chi connectivity index (χ2n) is 6.05. The molecule has 1 atom stereocenters. The highest BCUT2D eigenvalue weighted by Gasteiger charge is 2.06. The molecule has 0 aliphatic heterocycles. The van der Waals surface area contributed by atoms with Crippen molar-refractivity contribution in [1.82, 2.24) is 0 Å². The zero-order valence-corrected chi connectivity index (χ0v) is 14.6. The Morgan fingerprint density at radius 2 is 1.96 bits per heavy atom. The third kappa shape index (κ3) is 6.20. The minimum atomic E-state index is -0.265. The molecular weight excluding hydrogens is 315 g/mol. The number of hydrogen-bond donors (Lipinski definition) is 1. The third-order valence-electron chi connectivity index (χ3n) is 3.83. The molecule has 0 amide bonds. The second kappa shape index (κ2) is 9.80. The fraction of sp³-hybridized carbons (Fsp3) is 0.273. The van der Waals surface area contributed by atoms with Crippen molar-refractivity contribution in [2.75, 3.05) is 6.61 Å². The van der Waals surface area contributed by atoms with Crippen molar-refractivity contribution < 1.29 is 14.2 Å². The molecule has 2 aromatic rings. The minimum Gasteiger partial charge on any atom is -0.490 e. The summed E-state index contributed by atoms with van der Waals surface area (Å²) in [4.78, 5) is 0. The maximum absolute atomic E-state index is 14.4. The van der Waals surface area contributed by atoms with Crippen LogP contribution in [0.2, 0.25) is 0 Å². The first-order chi connectivity index (χ1) is 12.1. The molecule has 3 heteroatoms. The van der Waals surface area contributed by atoms with Crippen LogP contribution in [0.4, 0.5) is 4.39 Å². The number of halogens is 1. The molecule has 25 heavy (non-hydrogen) atoms. The van der Waals surface area contributed by atoms with E-state index in [-0.39, 0.29) is 11.9 Å². The van der Waals surface area contributed by atoms with Gasteiger partial charge in [-0.05, 0) is 55.5 Å². The summed E-state index contributed by atoms with van der Waals surface area (Å²) >= 11 is 0. The van der Waals surface area contributed by atoms with Gasteiger partial charge in [0.1, 0.15) is 18.2 Å². The lowest BCUT2D eigenvalue weighted by atomic mass is 10.0. The van der Waals surface area contributed by atoms with E-state index in [1.54, 1.807) is 25.1 Å². The summed E-state index contributed by atoms with van der Waals surface area (Å²) in [5.74, 6) is 0.492. The van der Waals surface area contributed by atoms with Gasteiger partial charge in [0.05, 0.1) is 6.10 Å². The van der Waals surface area contributed by atoms with Crippen molar-refractivity contribution >= 4 is 6.08 Å². The predicted octanol–water partition coefficient (Wildman–Crippen LogP) is 5.62. The molecule has 0 fully saturated rings. The van der Waals surface area contributed by atoms with E-state index in [1.165, 1.54) is 0 Å². The van der Waals surface area contributed by atoms with Crippen LogP contribution < -0.4 is 4.74 Å². The Balaban J connectivity index is 2.01. The Labute approximate surface area is 149 Å². The lowest BCUT2D eigenvalue weighted by molar-refractivity contribution is 0.182. The van der Waals surface area contributed by atoms with Crippen molar-refractivity contribution in [3.05, 3.63) is 72.6 Å². The number of benzene rings is 2. The van der Waals surface area contributed by atoms with Crippen LogP contribution in [0.3, 0.4) is 0 Å². The van der Waals surface area contributed by atoms with Gasteiger partial charge in [-0.1, -0.05) is 49.1 Å². The van der Waals surface area contributed by atoms with Crippen LogP contribution in [0.1, 0.15) is 31.7 Å². The molecule has 2 nitrogen and oxygen atoms in total. The molecule has 0 saturated heterocycles. The van der Waals surface area contributed by atoms with Gasteiger partial charge in [0, 0.05) is 5.56 Å². The fourth-order valence-corrected chi connectivity index (χ4v) is 2.51. The van der Waals surface area contributed by atoms with Crippen LogP contribution in [0.25, 0.3) is 17.2 Å². The number of aliphatic hydroxyl groups excluding tert-OH is 1. The fourth-order valence-electron chi connectivity index (χ4n) is 2.51. The summed E-state index contributed by atoms with van der Waals surface area (Å²) in [7, 11) is 0. The quantitative estimate of drug-likeness (QED) is 0.474. The number of aliphatic hydroxyl groups is 1. The van der Waals surface area contributed by atoms with Gasteiger partial charge in [-0.25, -0.2) is 4.39 Å². The molecule has 0 saturated carbocycles. The van der Waals surface area contributed by atoms with Gasteiger partial charge >= 0.3 is 0 Å². The van der Waals surface area contributed by atoms with Crippen LogP contribution in [0, 0.1) is 5.82 Å². The van der Waals surface area contributed by atoms with Crippen LogP contribution in [0.5, 0.6) is 5.75 Å². The van der Waals surface area contributed by atoms with Crippen LogP contribution in [-0.2, 0) is 0 Å². The van der Waals surface area contributed by atoms with Gasteiger partial charge < -0.3 is 9.84 Å². The van der Waals surface area contributed by atoms with Gasteiger partial charge in [0.25, 0.3) is 0 Å². The molecule has 2 aromatic carbocycles. The van der Waals surface area contributed by atoms with Crippen LogP contribution >= 0.6 is 0 Å². The highest BCUT2D eigenvalue weighted by molar-refractivity contribution is 5.67. The van der Waals surface area contributed by atoms with Crippen molar-refractivity contribution in [3.63, 3.8) is 0 Å². The second-order valence-corrected chi connectivity index (χ2v) is 6.05. The molecule has 1 unspecified atom stereocenters. The Morgan fingerprint density at radius 3 is 2.60 bits per heavy atom. The van der Waals surface area contributed by atoms with E-state index >= 15 is 0 Å². The first-order valence-corrected chi connectivity index (χ1v) is 8.58. The topological polar surface area (TPSA) is 29.5 Å². The maximum atomic E-state index is 14.4. The van der Waals surface area contributed by atoms with Crippen LogP contribution in [-0.4, -0.2) is 17.8 Å². The van der Waals surface area contributed by atoms with E-state index in [0.29, 0.717) is 12.2 Å². The molecule has 0 bridgehead atoms. The van der Waals surface area contributed by atoms with E-state index in [2.05, 4.69) is 6.58 Å². The lowest BCUT2D eigenvalue weighted by Crippen LogP contribution is -1.97. The first-order valence-electron chi connectivity index (χ1n) is 8.58. The smallest absolute Gasteiger partial charge is 0.131 e. The number of ether oxygens (including phenoxy) is 1. The Hall–Kier alpha value is -2.39. The number of hydrogen-bond acceptors (Lipinski definition) is 2. The Morgan fingerprint density at radius 1 is 1.20 bits per heavy atom. The largest absolute Gasteiger partial charge is 0.490 e. The van der Waals surface area contributed by atoms with E-state index in [1.807, 2.05) is 42.5 Å². The number of allylic oxidation sites excluding steroid dienone is 1. The van der Waals surface area contributed by atoms with Gasteiger partial charge in [-0.2, -0.15) is 0 Å². The molecule has 2 rings (SSSR count). The third-order valence-corrected chi connectivity index (χ3v) is 3.83. The molecule has 0 aliphatic rings. The number of unbranched alkanes of at least 4 members (excludes halogenated alkanes) is 1. The average molecular weight is 340 g/mol. The Kier molecular flexibility index (Phi) is 7.42. The van der Waals surface area contributed by atoms with E-state index in [0.717, 1.165) is 36.1 Å². The van der Waals surface area contributed by atoms with E-state index < -0.39 is 0 Å². The maximum Gasteiger partial charge on any atom is 0.131 e. The Bertz CT molecular complexity index is 702. The zero-order chi connectivity index (χ0) is 18.1. The molecule has 1 N–H and O–H groups in total. The molecule has 0 aliphatic carbocycles. The van der Waals surface area contributed by atoms with Crippen LogP contribution in [0.15, 0.2) is 61.2 Å². The van der Waals surface area contributed by atoms with E-state index in [4.69, 9.17) is 4.74 Å². The van der Waals surface area contributed by atoms with Crippen molar-refractivity contribution in [3.8, 4) is 16.9 Å². The standard InChI is InChI=1S/C22H25FO2/c1-3-15-25-20-12-10-19(11-13-20)21-14-9-18(16-22(21)23)8-6-4-5-7-17(2)24/h3,6,8-14,16-17,24H,1,4-5,7,15H2,2H3/b8-6+. The minimum absolute atomic E-state index is 0.245. The van der Waals surface area contributed by atoms with Crippen molar-refractivity contribution in [2.45, 2.75) is 32.3 Å².